The number of rotatable bonds is 5. The Labute approximate surface area is 145 Å². The Morgan fingerprint density at radius 3 is 2.17 bits per heavy atom. The summed E-state index contributed by atoms with van der Waals surface area (Å²) in [6.07, 6.45) is 8.13. The van der Waals surface area contributed by atoms with E-state index in [-0.39, 0.29) is 0 Å². The first-order valence-electron chi connectivity index (χ1n) is 9.17. The third-order valence-electron chi connectivity index (χ3n) is 5.20. The summed E-state index contributed by atoms with van der Waals surface area (Å²) in [6, 6.07) is 12.4. The van der Waals surface area contributed by atoms with Gasteiger partial charge < -0.3 is 9.84 Å². The van der Waals surface area contributed by atoms with E-state index in [0.717, 1.165) is 40.5 Å². The Morgan fingerprint density at radius 2 is 1.54 bits per heavy atom. The van der Waals surface area contributed by atoms with Crippen molar-refractivity contribution in [1.29, 1.82) is 0 Å². The highest BCUT2D eigenvalue weighted by Gasteiger charge is 2.13. The molecule has 24 heavy (non-hydrogen) atoms. The first kappa shape index (κ1) is 16.9. The minimum absolute atomic E-state index is 0.390. The normalized spacial score (nSPS) is 15.4. The summed E-state index contributed by atoms with van der Waals surface area (Å²) in [5.41, 5.74) is 4.12. The quantitative estimate of drug-likeness (QED) is 0.728. The standard InChI is InChI=1S/C22H28O2/c1-16-14-20(15-17(2)22(16)23)19-8-10-21(11-9-19)24-13-12-18-6-4-3-5-7-18/h8-11,14-15,18,23H,3-7,12-13H2,1-2H3. The van der Waals surface area contributed by atoms with E-state index in [4.69, 9.17) is 4.74 Å². The molecule has 0 spiro atoms. The molecule has 0 radical (unpaired) electrons. The van der Waals surface area contributed by atoms with E-state index < -0.39 is 0 Å². The molecule has 0 amide bonds. The van der Waals surface area contributed by atoms with Crippen LogP contribution in [-0.2, 0) is 0 Å². The first-order chi connectivity index (χ1) is 11.6. The monoisotopic (exact) mass is 324 g/mol. The van der Waals surface area contributed by atoms with Crippen LogP contribution in [0.15, 0.2) is 36.4 Å². The van der Waals surface area contributed by atoms with Crippen molar-refractivity contribution < 1.29 is 9.84 Å². The van der Waals surface area contributed by atoms with Crippen molar-refractivity contribution in [2.45, 2.75) is 52.4 Å². The third-order valence-corrected chi connectivity index (χ3v) is 5.20. The predicted octanol–water partition coefficient (Wildman–Crippen LogP) is 6.03. The van der Waals surface area contributed by atoms with Gasteiger partial charge in [0.2, 0.25) is 0 Å². The van der Waals surface area contributed by atoms with E-state index >= 15 is 0 Å². The van der Waals surface area contributed by atoms with Gasteiger partial charge in [-0.2, -0.15) is 0 Å². The highest BCUT2D eigenvalue weighted by Crippen LogP contribution is 2.30. The maximum absolute atomic E-state index is 9.91. The Morgan fingerprint density at radius 1 is 0.917 bits per heavy atom. The number of hydrogen-bond acceptors (Lipinski definition) is 2. The number of phenols is 1. The van der Waals surface area contributed by atoms with Crippen LogP contribution < -0.4 is 4.74 Å². The number of ether oxygens (including phenoxy) is 1. The molecular formula is C22H28O2. The molecule has 2 heteroatoms. The number of benzene rings is 2. The maximum atomic E-state index is 9.91. The molecule has 1 aliphatic carbocycles. The zero-order valence-corrected chi connectivity index (χ0v) is 14.8. The molecule has 0 saturated heterocycles. The Hall–Kier alpha value is -1.96. The zero-order valence-electron chi connectivity index (χ0n) is 14.8. The number of phenolic OH excluding ortho intramolecular Hbond substituents is 1. The van der Waals surface area contributed by atoms with E-state index in [1.807, 2.05) is 38.1 Å². The van der Waals surface area contributed by atoms with Crippen LogP contribution >= 0.6 is 0 Å². The molecule has 2 aromatic carbocycles. The minimum atomic E-state index is 0.390. The van der Waals surface area contributed by atoms with Gasteiger partial charge in [0.15, 0.2) is 0 Å². The molecule has 0 unspecified atom stereocenters. The lowest BCUT2D eigenvalue weighted by Gasteiger charge is -2.21. The number of hydrogen-bond donors (Lipinski definition) is 1. The van der Waals surface area contributed by atoms with Gasteiger partial charge in [-0.05, 0) is 72.7 Å². The van der Waals surface area contributed by atoms with Gasteiger partial charge in [-0.1, -0.05) is 44.2 Å². The highest BCUT2D eigenvalue weighted by molar-refractivity contribution is 5.67. The van der Waals surface area contributed by atoms with Gasteiger partial charge in [0.25, 0.3) is 0 Å². The average molecular weight is 324 g/mol. The fourth-order valence-electron chi connectivity index (χ4n) is 3.69. The summed E-state index contributed by atoms with van der Waals surface area (Å²) in [5.74, 6) is 2.20. The third kappa shape index (κ3) is 4.11. The molecule has 128 valence electrons. The molecule has 2 nitrogen and oxygen atoms in total. The van der Waals surface area contributed by atoms with Crippen LogP contribution in [0, 0.1) is 19.8 Å². The number of aromatic hydroxyl groups is 1. The molecule has 3 rings (SSSR count). The van der Waals surface area contributed by atoms with E-state index in [1.165, 1.54) is 38.5 Å². The van der Waals surface area contributed by atoms with Crippen molar-refractivity contribution in [3.05, 3.63) is 47.5 Å². The van der Waals surface area contributed by atoms with Crippen LogP contribution in [0.2, 0.25) is 0 Å². The summed E-state index contributed by atoms with van der Waals surface area (Å²) in [6.45, 7) is 4.70. The SMILES string of the molecule is Cc1cc(-c2ccc(OCCC3CCCCC3)cc2)cc(C)c1O. The van der Waals surface area contributed by atoms with Crippen LogP contribution in [0.1, 0.15) is 49.7 Å². The molecular weight excluding hydrogens is 296 g/mol. The topological polar surface area (TPSA) is 29.5 Å². The van der Waals surface area contributed by atoms with Gasteiger partial charge in [-0.3, -0.25) is 0 Å². The van der Waals surface area contributed by atoms with Crippen molar-refractivity contribution in [3.63, 3.8) is 0 Å². The van der Waals surface area contributed by atoms with Gasteiger partial charge >= 0.3 is 0 Å². The van der Waals surface area contributed by atoms with Crippen LogP contribution in [0.4, 0.5) is 0 Å². The summed E-state index contributed by atoms with van der Waals surface area (Å²) in [4.78, 5) is 0. The molecule has 0 heterocycles. The van der Waals surface area contributed by atoms with E-state index in [2.05, 4.69) is 12.1 Å². The highest BCUT2D eigenvalue weighted by atomic mass is 16.5. The van der Waals surface area contributed by atoms with Crippen molar-refractivity contribution in [1.82, 2.24) is 0 Å². The van der Waals surface area contributed by atoms with Crippen molar-refractivity contribution in [3.8, 4) is 22.6 Å². The molecule has 1 fully saturated rings. The second kappa shape index (κ2) is 7.74. The summed E-state index contributed by atoms with van der Waals surface area (Å²) in [7, 11) is 0. The second-order valence-electron chi connectivity index (χ2n) is 7.12. The summed E-state index contributed by atoms with van der Waals surface area (Å²) >= 11 is 0. The van der Waals surface area contributed by atoms with Gasteiger partial charge in [-0.15, -0.1) is 0 Å². The predicted molar refractivity (Wildman–Crippen MR) is 99.7 cm³/mol. The lowest BCUT2D eigenvalue weighted by atomic mass is 9.87. The van der Waals surface area contributed by atoms with Crippen LogP contribution in [0.3, 0.4) is 0 Å². The summed E-state index contributed by atoms with van der Waals surface area (Å²) < 4.78 is 5.93. The molecule has 0 aromatic heterocycles. The van der Waals surface area contributed by atoms with Crippen LogP contribution in [-0.4, -0.2) is 11.7 Å². The van der Waals surface area contributed by atoms with Crippen molar-refractivity contribution in [2.75, 3.05) is 6.61 Å². The molecule has 0 aliphatic heterocycles. The van der Waals surface area contributed by atoms with Crippen molar-refractivity contribution >= 4 is 0 Å². The molecule has 2 aromatic rings. The molecule has 1 N–H and O–H groups in total. The molecule has 1 aliphatic rings. The molecule has 1 saturated carbocycles. The molecule has 0 atom stereocenters. The fourth-order valence-corrected chi connectivity index (χ4v) is 3.69. The Bertz CT molecular complexity index is 644. The first-order valence-corrected chi connectivity index (χ1v) is 9.17. The van der Waals surface area contributed by atoms with Crippen molar-refractivity contribution in [2.24, 2.45) is 5.92 Å². The van der Waals surface area contributed by atoms with Crippen LogP contribution in [0.25, 0.3) is 11.1 Å². The lowest BCUT2D eigenvalue weighted by Crippen LogP contribution is -2.10. The van der Waals surface area contributed by atoms with Crippen LogP contribution in [0.5, 0.6) is 11.5 Å². The van der Waals surface area contributed by atoms with Gasteiger partial charge in [-0.25, -0.2) is 0 Å². The second-order valence-corrected chi connectivity index (χ2v) is 7.12. The zero-order chi connectivity index (χ0) is 16.9. The van der Waals surface area contributed by atoms with E-state index in [1.54, 1.807) is 0 Å². The number of aryl methyl sites for hydroxylation is 2. The van der Waals surface area contributed by atoms with Gasteiger partial charge in [0.05, 0.1) is 6.61 Å². The summed E-state index contributed by atoms with van der Waals surface area (Å²) in [5, 5.41) is 9.91. The largest absolute Gasteiger partial charge is 0.507 e. The van der Waals surface area contributed by atoms with E-state index in [0.29, 0.717) is 5.75 Å². The Kier molecular flexibility index (Phi) is 5.44. The van der Waals surface area contributed by atoms with E-state index in [9.17, 15) is 5.11 Å². The van der Waals surface area contributed by atoms with Gasteiger partial charge in [0, 0.05) is 0 Å². The smallest absolute Gasteiger partial charge is 0.121 e. The molecule has 0 bridgehead atoms. The lowest BCUT2D eigenvalue weighted by molar-refractivity contribution is 0.246. The maximum Gasteiger partial charge on any atom is 0.121 e. The van der Waals surface area contributed by atoms with Gasteiger partial charge in [0.1, 0.15) is 11.5 Å². The minimum Gasteiger partial charge on any atom is -0.507 e. The fraction of sp³-hybridized carbons (Fsp3) is 0.455. The Balaban J connectivity index is 1.59. The average Bonchev–Trinajstić information content (AvgIpc) is 2.61.